The van der Waals surface area contributed by atoms with Gasteiger partial charge in [-0.15, -0.1) is 0 Å². The van der Waals surface area contributed by atoms with Crippen LogP contribution in [0.3, 0.4) is 0 Å². The number of carbonyl (C=O) groups is 1. The molecule has 186 valence electrons. The highest BCUT2D eigenvalue weighted by Gasteiger charge is 2.56. The van der Waals surface area contributed by atoms with E-state index in [-0.39, 0.29) is 23.6 Å². The number of allylic oxidation sites excluding steroid dienone is 4. The Morgan fingerprint density at radius 3 is 2.73 bits per heavy atom. The first-order valence-electron chi connectivity index (χ1n) is 13.1. The molecule has 0 radical (unpaired) electrons. The number of ether oxygens (including phenoxy) is 1. The number of carbonyl (C=O) groups excluding carboxylic acids is 1. The summed E-state index contributed by atoms with van der Waals surface area (Å²) < 4.78 is 5.95. The van der Waals surface area contributed by atoms with Crippen LogP contribution in [-0.2, 0) is 9.53 Å². The van der Waals surface area contributed by atoms with Crippen LogP contribution in [0.15, 0.2) is 35.5 Å². The van der Waals surface area contributed by atoms with Gasteiger partial charge in [-0.05, 0) is 88.0 Å². The average molecular weight is 459 g/mol. The first-order chi connectivity index (χ1) is 15.4. The van der Waals surface area contributed by atoms with Gasteiger partial charge in [-0.3, -0.25) is 4.79 Å². The van der Waals surface area contributed by atoms with Crippen molar-refractivity contribution in [2.45, 2.75) is 117 Å². The second-order valence-electron chi connectivity index (χ2n) is 11.9. The van der Waals surface area contributed by atoms with Gasteiger partial charge in [0.15, 0.2) is 0 Å². The summed E-state index contributed by atoms with van der Waals surface area (Å²) in [4.78, 5) is 12.0. The molecule has 0 amide bonds. The summed E-state index contributed by atoms with van der Waals surface area (Å²) in [5.74, 6) is 0.987. The highest BCUT2D eigenvalue weighted by atomic mass is 16.5. The topological polar surface area (TPSA) is 66.8 Å². The lowest BCUT2D eigenvalue weighted by Crippen LogP contribution is -2.39. The summed E-state index contributed by atoms with van der Waals surface area (Å²) in [5, 5.41) is 20.2. The van der Waals surface area contributed by atoms with Crippen molar-refractivity contribution in [2.24, 2.45) is 23.2 Å². The van der Waals surface area contributed by atoms with Gasteiger partial charge in [0.2, 0.25) is 0 Å². The molecule has 0 aromatic heterocycles. The summed E-state index contributed by atoms with van der Waals surface area (Å²) in [5.41, 5.74) is 3.27. The monoisotopic (exact) mass is 458 g/mol. The van der Waals surface area contributed by atoms with Gasteiger partial charge in [-0.25, -0.2) is 0 Å². The zero-order chi connectivity index (χ0) is 24.4. The Bertz CT molecular complexity index is 786. The molecular formula is C29H46O4. The molecule has 6 atom stereocenters. The van der Waals surface area contributed by atoms with Crippen LogP contribution in [0.1, 0.15) is 98.8 Å². The molecule has 3 aliphatic carbocycles. The van der Waals surface area contributed by atoms with Crippen molar-refractivity contribution in [3.8, 4) is 0 Å². The predicted molar refractivity (Wildman–Crippen MR) is 134 cm³/mol. The van der Waals surface area contributed by atoms with E-state index in [4.69, 9.17) is 4.74 Å². The van der Waals surface area contributed by atoms with Crippen LogP contribution >= 0.6 is 0 Å². The third kappa shape index (κ3) is 6.39. The molecule has 4 nitrogen and oxygen atoms in total. The van der Waals surface area contributed by atoms with E-state index in [9.17, 15) is 15.0 Å². The maximum atomic E-state index is 12.0. The number of esters is 1. The minimum Gasteiger partial charge on any atom is -0.462 e. The lowest BCUT2D eigenvalue weighted by molar-refractivity contribution is -0.150. The van der Waals surface area contributed by atoms with E-state index < -0.39 is 5.60 Å². The van der Waals surface area contributed by atoms with E-state index in [1.54, 1.807) is 0 Å². The van der Waals surface area contributed by atoms with Crippen molar-refractivity contribution in [2.75, 3.05) is 0 Å². The minimum atomic E-state index is -0.637. The molecule has 0 saturated heterocycles. The fraction of sp³-hybridized carbons (Fsp3) is 0.759. The summed E-state index contributed by atoms with van der Waals surface area (Å²) in [6.45, 7) is 14.2. The Morgan fingerprint density at radius 2 is 2.06 bits per heavy atom. The zero-order valence-corrected chi connectivity index (χ0v) is 21.5. The number of rotatable bonds is 7. The summed E-state index contributed by atoms with van der Waals surface area (Å²) in [6.07, 6.45) is 13.7. The van der Waals surface area contributed by atoms with Crippen LogP contribution in [-0.4, -0.2) is 34.0 Å². The van der Waals surface area contributed by atoms with Crippen LogP contribution in [0.2, 0.25) is 0 Å². The van der Waals surface area contributed by atoms with E-state index in [1.165, 1.54) is 18.1 Å². The maximum absolute atomic E-state index is 12.0. The Hall–Kier alpha value is -1.39. The molecule has 3 fully saturated rings. The fourth-order valence-electron chi connectivity index (χ4n) is 7.05. The van der Waals surface area contributed by atoms with Gasteiger partial charge in [0, 0.05) is 12.8 Å². The standard InChI is InChI=1S/C29H46O4/c1-19-11-14-24(31)17-23(19)13-12-22-10-8-16-29(6)25(22)18-26(33-21(3)30)27(29)20(2)9-7-15-28(4,5)32/h12-13,20,24-27,31-32H,1,7-11,14-18H2,2-6H3/b22-12+,23-13+/t20-,24+,25+,26?,27+,29-/m1/s1. The largest absolute Gasteiger partial charge is 0.462 e. The highest BCUT2D eigenvalue weighted by molar-refractivity contribution is 5.66. The van der Waals surface area contributed by atoms with Crippen molar-refractivity contribution in [1.29, 1.82) is 0 Å². The highest BCUT2D eigenvalue weighted by Crippen LogP contribution is 2.60. The predicted octanol–water partition coefficient (Wildman–Crippen LogP) is 6.28. The first kappa shape index (κ1) is 26.2. The molecule has 0 aromatic rings. The number of aliphatic hydroxyl groups is 2. The van der Waals surface area contributed by atoms with Crippen LogP contribution in [0.5, 0.6) is 0 Å². The van der Waals surface area contributed by atoms with Crippen molar-refractivity contribution >= 4 is 5.97 Å². The third-order valence-corrected chi connectivity index (χ3v) is 8.62. The molecule has 2 N–H and O–H groups in total. The van der Waals surface area contributed by atoms with Crippen LogP contribution in [0.4, 0.5) is 0 Å². The number of hydrogen-bond donors (Lipinski definition) is 2. The van der Waals surface area contributed by atoms with Gasteiger partial charge in [0.1, 0.15) is 6.10 Å². The molecule has 3 saturated carbocycles. The molecule has 0 bridgehead atoms. The number of fused-ring (bicyclic) bond motifs is 1. The van der Waals surface area contributed by atoms with Crippen LogP contribution in [0, 0.1) is 23.2 Å². The van der Waals surface area contributed by atoms with Crippen LogP contribution in [0.25, 0.3) is 0 Å². The Morgan fingerprint density at radius 1 is 1.33 bits per heavy atom. The first-order valence-corrected chi connectivity index (χ1v) is 13.1. The summed E-state index contributed by atoms with van der Waals surface area (Å²) in [6, 6.07) is 0. The molecule has 0 spiro atoms. The normalized spacial score (nSPS) is 36.2. The lowest BCUT2D eigenvalue weighted by atomic mass is 9.60. The van der Waals surface area contributed by atoms with E-state index in [2.05, 4.69) is 32.6 Å². The van der Waals surface area contributed by atoms with Crippen molar-refractivity contribution < 1.29 is 19.7 Å². The SMILES string of the molecule is C=C1CC[C@H](O)C/C1=C\C=C1/CCC[C@@]2(C)[C@@H]([C@H](C)CCCC(C)(C)O)C(OC(C)=O)C[C@@H]12. The second kappa shape index (κ2) is 10.5. The Labute approximate surface area is 201 Å². The lowest BCUT2D eigenvalue weighted by Gasteiger charge is -2.44. The van der Waals surface area contributed by atoms with E-state index >= 15 is 0 Å². The summed E-state index contributed by atoms with van der Waals surface area (Å²) >= 11 is 0. The van der Waals surface area contributed by atoms with Gasteiger partial charge >= 0.3 is 5.97 Å². The molecule has 3 aliphatic rings. The molecule has 3 rings (SSSR count). The number of hydrogen-bond acceptors (Lipinski definition) is 4. The fourth-order valence-corrected chi connectivity index (χ4v) is 7.05. The molecule has 0 heterocycles. The second-order valence-corrected chi connectivity index (χ2v) is 11.9. The smallest absolute Gasteiger partial charge is 0.302 e. The van der Waals surface area contributed by atoms with Crippen LogP contribution < -0.4 is 0 Å². The van der Waals surface area contributed by atoms with Gasteiger partial charge < -0.3 is 14.9 Å². The molecular weight excluding hydrogens is 412 g/mol. The van der Waals surface area contributed by atoms with Gasteiger partial charge in [-0.1, -0.05) is 56.6 Å². The van der Waals surface area contributed by atoms with Crippen molar-refractivity contribution in [3.05, 3.63) is 35.5 Å². The number of aliphatic hydroxyl groups excluding tert-OH is 1. The molecule has 4 heteroatoms. The molecule has 0 aromatic carbocycles. The summed E-state index contributed by atoms with van der Waals surface area (Å²) in [7, 11) is 0. The minimum absolute atomic E-state index is 0.0461. The average Bonchev–Trinajstić information content (AvgIpc) is 2.99. The van der Waals surface area contributed by atoms with Crippen molar-refractivity contribution in [1.82, 2.24) is 0 Å². The van der Waals surface area contributed by atoms with E-state index in [1.807, 2.05) is 13.8 Å². The quantitative estimate of drug-likeness (QED) is 0.441. The van der Waals surface area contributed by atoms with E-state index in [0.717, 1.165) is 63.4 Å². The van der Waals surface area contributed by atoms with Gasteiger partial charge in [0.05, 0.1) is 11.7 Å². The van der Waals surface area contributed by atoms with E-state index in [0.29, 0.717) is 24.2 Å². The maximum Gasteiger partial charge on any atom is 0.302 e. The Balaban J connectivity index is 1.83. The molecule has 0 aliphatic heterocycles. The zero-order valence-electron chi connectivity index (χ0n) is 21.5. The molecule has 33 heavy (non-hydrogen) atoms. The third-order valence-electron chi connectivity index (χ3n) is 8.62. The Kier molecular flexibility index (Phi) is 8.32. The van der Waals surface area contributed by atoms with Crippen molar-refractivity contribution in [3.63, 3.8) is 0 Å². The molecule has 1 unspecified atom stereocenters. The van der Waals surface area contributed by atoms with Gasteiger partial charge in [-0.2, -0.15) is 0 Å². The van der Waals surface area contributed by atoms with Gasteiger partial charge in [0.25, 0.3) is 0 Å².